The van der Waals surface area contributed by atoms with Crippen LogP contribution in [0.1, 0.15) is 46.0 Å². The van der Waals surface area contributed by atoms with Gasteiger partial charge in [-0.15, -0.1) is 0 Å². The van der Waals surface area contributed by atoms with Gasteiger partial charge < -0.3 is 26.5 Å². The number of carbonyl (C=O) groups excluding carboxylic acids is 3. The fourth-order valence-electron chi connectivity index (χ4n) is 2.77. The van der Waals surface area contributed by atoms with Gasteiger partial charge in [-0.05, 0) is 38.1 Å². The summed E-state index contributed by atoms with van der Waals surface area (Å²) in [6.07, 6.45) is 4.32. The van der Waals surface area contributed by atoms with Gasteiger partial charge in [0, 0.05) is 6.54 Å². The molecule has 0 aliphatic carbocycles. The van der Waals surface area contributed by atoms with E-state index < -0.39 is 18.1 Å². The Labute approximate surface area is 138 Å². The highest BCUT2D eigenvalue weighted by Gasteiger charge is 2.36. The Hall–Kier alpha value is -1.47. The van der Waals surface area contributed by atoms with E-state index in [9.17, 15) is 14.4 Å². The predicted molar refractivity (Wildman–Crippen MR) is 88.4 cm³/mol. The molecule has 0 aromatic rings. The average molecular weight is 326 g/mol. The Kier molecular flexibility index (Phi) is 8.19. The van der Waals surface area contributed by atoms with Gasteiger partial charge >= 0.3 is 0 Å². The van der Waals surface area contributed by atoms with Crippen LogP contribution in [0, 0.1) is 5.92 Å². The van der Waals surface area contributed by atoms with Gasteiger partial charge in [0.25, 0.3) is 0 Å². The lowest BCUT2D eigenvalue weighted by atomic mass is 10.0. The number of carbonyl (C=O) groups is 3. The summed E-state index contributed by atoms with van der Waals surface area (Å²) in [6.45, 7) is 4.85. The van der Waals surface area contributed by atoms with Gasteiger partial charge in [0.1, 0.15) is 12.3 Å². The largest absolute Gasteiger partial charge is 0.345 e. The standard InChI is InChI=1S/C16H30N4O3/c1-11(2)13(10-21)19-15(22)14-7-5-9-20(14)16(23)12(18)6-3-4-8-17/h10-14H,3-9,17-18H2,1-2H3,(H,19,22)/t12-,13+,14-/m0/s1. The number of likely N-dealkylation sites (tertiary alicyclic amines) is 1. The lowest BCUT2D eigenvalue weighted by Crippen LogP contribution is -2.53. The van der Waals surface area contributed by atoms with Crippen LogP contribution in [0.15, 0.2) is 0 Å². The zero-order valence-corrected chi connectivity index (χ0v) is 14.2. The second-order valence-corrected chi connectivity index (χ2v) is 6.50. The molecule has 0 bridgehead atoms. The number of rotatable bonds is 9. The maximum Gasteiger partial charge on any atom is 0.243 e. The molecule has 1 rings (SSSR count). The summed E-state index contributed by atoms with van der Waals surface area (Å²) in [7, 11) is 0. The summed E-state index contributed by atoms with van der Waals surface area (Å²) in [6, 6.07) is -1.65. The van der Waals surface area contributed by atoms with Gasteiger partial charge in [-0.25, -0.2) is 0 Å². The van der Waals surface area contributed by atoms with Gasteiger partial charge in [0.05, 0.1) is 12.1 Å². The van der Waals surface area contributed by atoms with Crippen LogP contribution in [-0.2, 0) is 14.4 Å². The highest BCUT2D eigenvalue weighted by atomic mass is 16.2. The van der Waals surface area contributed by atoms with E-state index >= 15 is 0 Å². The topological polar surface area (TPSA) is 119 Å². The zero-order valence-electron chi connectivity index (χ0n) is 14.2. The van der Waals surface area contributed by atoms with Crippen LogP contribution in [0.3, 0.4) is 0 Å². The van der Waals surface area contributed by atoms with Crippen LogP contribution in [-0.4, -0.2) is 54.2 Å². The minimum Gasteiger partial charge on any atom is -0.345 e. The zero-order chi connectivity index (χ0) is 17.4. The lowest BCUT2D eigenvalue weighted by Gasteiger charge is -2.28. The summed E-state index contributed by atoms with van der Waals surface area (Å²) in [5.74, 6) is -0.441. The van der Waals surface area contributed by atoms with Crippen molar-refractivity contribution in [3.8, 4) is 0 Å². The molecule has 1 aliphatic rings. The normalized spacial score (nSPS) is 20.4. The lowest BCUT2D eigenvalue weighted by molar-refractivity contribution is -0.140. The van der Waals surface area contributed by atoms with E-state index in [1.807, 2.05) is 13.8 Å². The van der Waals surface area contributed by atoms with Crippen LogP contribution in [0.2, 0.25) is 0 Å². The molecule has 0 radical (unpaired) electrons. The molecule has 23 heavy (non-hydrogen) atoms. The number of nitrogens with one attached hydrogen (secondary N) is 1. The quantitative estimate of drug-likeness (QED) is 0.399. The molecule has 1 saturated heterocycles. The molecule has 0 aromatic carbocycles. The number of amides is 2. The number of hydrogen-bond donors (Lipinski definition) is 3. The summed E-state index contributed by atoms with van der Waals surface area (Å²) in [4.78, 5) is 37.5. The maximum atomic E-state index is 12.5. The van der Waals surface area contributed by atoms with E-state index in [1.165, 1.54) is 0 Å². The molecule has 7 heteroatoms. The minimum absolute atomic E-state index is 0.0144. The van der Waals surface area contributed by atoms with Crippen molar-refractivity contribution < 1.29 is 14.4 Å². The van der Waals surface area contributed by atoms with Crippen molar-refractivity contribution in [2.75, 3.05) is 13.1 Å². The van der Waals surface area contributed by atoms with E-state index in [0.29, 0.717) is 25.9 Å². The van der Waals surface area contributed by atoms with E-state index in [-0.39, 0.29) is 17.7 Å². The van der Waals surface area contributed by atoms with Crippen LogP contribution in [0.25, 0.3) is 0 Å². The van der Waals surface area contributed by atoms with Crippen molar-refractivity contribution in [2.45, 2.75) is 64.1 Å². The second kappa shape index (κ2) is 9.62. The number of nitrogens with two attached hydrogens (primary N) is 2. The summed E-state index contributed by atoms with van der Waals surface area (Å²) in [5, 5.41) is 2.73. The molecule has 1 aliphatic heterocycles. The van der Waals surface area contributed by atoms with E-state index in [2.05, 4.69) is 5.32 Å². The monoisotopic (exact) mass is 326 g/mol. The molecule has 132 valence electrons. The van der Waals surface area contributed by atoms with Crippen molar-refractivity contribution in [1.29, 1.82) is 0 Å². The van der Waals surface area contributed by atoms with Crippen molar-refractivity contribution in [2.24, 2.45) is 17.4 Å². The molecule has 0 saturated carbocycles. The molecule has 7 nitrogen and oxygen atoms in total. The van der Waals surface area contributed by atoms with Gasteiger partial charge in [0.15, 0.2) is 0 Å². The number of aldehydes is 1. The fraction of sp³-hybridized carbons (Fsp3) is 0.812. The molecular weight excluding hydrogens is 296 g/mol. The Balaban J connectivity index is 2.63. The Morgan fingerprint density at radius 3 is 2.61 bits per heavy atom. The third-order valence-electron chi connectivity index (χ3n) is 4.30. The molecule has 0 spiro atoms. The third-order valence-corrected chi connectivity index (χ3v) is 4.30. The number of hydrogen-bond acceptors (Lipinski definition) is 5. The van der Waals surface area contributed by atoms with Crippen molar-refractivity contribution in [1.82, 2.24) is 10.2 Å². The van der Waals surface area contributed by atoms with E-state index in [0.717, 1.165) is 25.5 Å². The molecule has 1 fully saturated rings. The molecule has 3 atom stereocenters. The average Bonchev–Trinajstić information content (AvgIpc) is 3.00. The van der Waals surface area contributed by atoms with Gasteiger partial charge in [-0.3, -0.25) is 9.59 Å². The Morgan fingerprint density at radius 1 is 1.35 bits per heavy atom. The smallest absolute Gasteiger partial charge is 0.243 e. The van der Waals surface area contributed by atoms with Crippen LogP contribution >= 0.6 is 0 Å². The molecule has 1 heterocycles. The second-order valence-electron chi connectivity index (χ2n) is 6.50. The van der Waals surface area contributed by atoms with Crippen LogP contribution in [0.5, 0.6) is 0 Å². The SMILES string of the molecule is CC(C)[C@@H](C=O)NC(=O)[C@@H]1CCCN1C(=O)[C@@H](N)CCCCN. The van der Waals surface area contributed by atoms with Crippen LogP contribution in [0.4, 0.5) is 0 Å². The first-order valence-corrected chi connectivity index (χ1v) is 8.44. The predicted octanol–water partition coefficient (Wildman–Crippen LogP) is -0.227. The van der Waals surface area contributed by atoms with Crippen molar-refractivity contribution >= 4 is 18.1 Å². The van der Waals surface area contributed by atoms with Crippen molar-refractivity contribution in [3.63, 3.8) is 0 Å². The van der Waals surface area contributed by atoms with Gasteiger partial charge in [0.2, 0.25) is 11.8 Å². The molecule has 5 N–H and O–H groups in total. The third kappa shape index (κ3) is 5.58. The van der Waals surface area contributed by atoms with E-state index in [1.54, 1.807) is 4.90 Å². The summed E-state index contributed by atoms with van der Waals surface area (Å²) in [5.41, 5.74) is 11.4. The van der Waals surface area contributed by atoms with Crippen LogP contribution < -0.4 is 16.8 Å². The molecule has 2 amide bonds. The highest BCUT2D eigenvalue weighted by molar-refractivity contribution is 5.91. The minimum atomic E-state index is -0.595. The van der Waals surface area contributed by atoms with Gasteiger partial charge in [-0.2, -0.15) is 0 Å². The van der Waals surface area contributed by atoms with Crippen molar-refractivity contribution in [3.05, 3.63) is 0 Å². The highest BCUT2D eigenvalue weighted by Crippen LogP contribution is 2.19. The first kappa shape index (κ1) is 19.6. The molecule has 0 aromatic heterocycles. The first-order chi connectivity index (χ1) is 10.9. The van der Waals surface area contributed by atoms with Gasteiger partial charge in [-0.1, -0.05) is 20.3 Å². The first-order valence-electron chi connectivity index (χ1n) is 8.44. The number of nitrogens with zero attached hydrogens (tertiary/aromatic N) is 1. The molecular formula is C16H30N4O3. The maximum absolute atomic E-state index is 12.5. The number of unbranched alkanes of at least 4 members (excludes halogenated alkanes) is 1. The Morgan fingerprint density at radius 2 is 2.04 bits per heavy atom. The molecule has 0 unspecified atom stereocenters. The van der Waals surface area contributed by atoms with E-state index in [4.69, 9.17) is 11.5 Å². The summed E-state index contributed by atoms with van der Waals surface area (Å²) >= 11 is 0. The Bertz CT molecular complexity index is 414. The summed E-state index contributed by atoms with van der Waals surface area (Å²) < 4.78 is 0. The fourth-order valence-corrected chi connectivity index (χ4v) is 2.77.